The lowest BCUT2D eigenvalue weighted by atomic mass is 10.2. The Balaban J connectivity index is 2.46. The molecule has 19 heavy (non-hydrogen) atoms. The molecule has 0 aliphatic rings. The van der Waals surface area contributed by atoms with Gasteiger partial charge in [0.2, 0.25) is 0 Å². The van der Waals surface area contributed by atoms with E-state index in [0.29, 0.717) is 5.82 Å². The highest BCUT2D eigenvalue weighted by Gasteiger charge is 2.06. The molecule has 0 aliphatic carbocycles. The Labute approximate surface area is 115 Å². The monoisotopic (exact) mass is 267 g/mol. The van der Waals surface area contributed by atoms with Gasteiger partial charge in [0.1, 0.15) is 5.82 Å². The van der Waals surface area contributed by atoms with Crippen LogP contribution in [0.1, 0.15) is 19.4 Å². The summed E-state index contributed by atoms with van der Waals surface area (Å²) in [5.41, 5.74) is 6.87. The van der Waals surface area contributed by atoms with Gasteiger partial charge in [-0.1, -0.05) is 0 Å². The van der Waals surface area contributed by atoms with E-state index < -0.39 is 0 Å². The lowest BCUT2D eigenvalue weighted by molar-refractivity contribution is 0.0798. The Morgan fingerprint density at radius 3 is 2.32 bits per heavy atom. The molecule has 1 aromatic rings. The zero-order valence-corrected chi connectivity index (χ0v) is 12.0. The van der Waals surface area contributed by atoms with Crippen LogP contribution in [0, 0.1) is 0 Å². The molecule has 2 N–H and O–H groups in total. The minimum atomic E-state index is 0.562. The molecule has 0 aliphatic heterocycles. The van der Waals surface area contributed by atoms with E-state index in [9.17, 15) is 0 Å². The van der Waals surface area contributed by atoms with Crippen LogP contribution in [-0.4, -0.2) is 49.4 Å². The smallest absolute Gasteiger partial charge is 0.123 e. The van der Waals surface area contributed by atoms with Crippen molar-refractivity contribution in [2.45, 2.75) is 20.4 Å². The van der Waals surface area contributed by atoms with Crippen molar-refractivity contribution in [1.29, 1.82) is 0 Å². The van der Waals surface area contributed by atoms with Crippen LogP contribution >= 0.6 is 0 Å². The van der Waals surface area contributed by atoms with Crippen LogP contribution in [0.4, 0.5) is 5.82 Å². The summed E-state index contributed by atoms with van der Waals surface area (Å²) >= 11 is 0. The standard InChI is InChI=1S/C14H25N3O2/c1-3-18-9-7-17(8-10-19-4-2)12-13-5-6-16-14(15)11-13/h5-6,11H,3-4,7-10,12H2,1-2H3,(H2,15,16). The highest BCUT2D eigenvalue weighted by Crippen LogP contribution is 2.07. The average molecular weight is 267 g/mol. The SMILES string of the molecule is CCOCCN(CCOCC)Cc1ccnc(N)c1. The van der Waals surface area contributed by atoms with Gasteiger partial charge in [-0.05, 0) is 31.5 Å². The summed E-state index contributed by atoms with van der Waals surface area (Å²) < 4.78 is 10.8. The number of nitrogens with two attached hydrogens (primary N) is 1. The van der Waals surface area contributed by atoms with Crippen LogP contribution in [0.3, 0.4) is 0 Å². The van der Waals surface area contributed by atoms with Crippen molar-refractivity contribution in [3.05, 3.63) is 23.9 Å². The van der Waals surface area contributed by atoms with Gasteiger partial charge in [-0.2, -0.15) is 0 Å². The normalized spacial score (nSPS) is 11.1. The minimum absolute atomic E-state index is 0.562. The first-order chi connectivity index (χ1) is 9.26. The molecule has 0 fully saturated rings. The molecule has 1 rings (SSSR count). The number of nitrogen functional groups attached to an aromatic ring is 1. The Morgan fingerprint density at radius 2 is 1.79 bits per heavy atom. The second-order valence-corrected chi connectivity index (χ2v) is 4.26. The van der Waals surface area contributed by atoms with Crippen LogP contribution in [-0.2, 0) is 16.0 Å². The number of pyridine rings is 1. The number of rotatable bonds is 10. The molecule has 5 heteroatoms. The second-order valence-electron chi connectivity index (χ2n) is 4.26. The van der Waals surface area contributed by atoms with Crippen molar-refractivity contribution >= 4 is 5.82 Å². The molecular weight excluding hydrogens is 242 g/mol. The Kier molecular flexibility index (Phi) is 8.13. The molecule has 0 bridgehead atoms. The molecule has 5 nitrogen and oxygen atoms in total. The molecule has 0 amide bonds. The van der Waals surface area contributed by atoms with Crippen LogP contribution in [0.15, 0.2) is 18.3 Å². The van der Waals surface area contributed by atoms with Gasteiger partial charge in [0.25, 0.3) is 0 Å². The first kappa shape index (κ1) is 15.9. The van der Waals surface area contributed by atoms with Crippen molar-refractivity contribution < 1.29 is 9.47 Å². The van der Waals surface area contributed by atoms with Gasteiger partial charge >= 0.3 is 0 Å². The molecule has 0 spiro atoms. The topological polar surface area (TPSA) is 60.6 Å². The molecule has 0 saturated carbocycles. The molecule has 0 aromatic carbocycles. The third kappa shape index (κ3) is 7.10. The number of hydrogen-bond donors (Lipinski definition) is 1. The van der Waals surface area contributed by atoms with Crippen LogP contribution in [0.2, 0.25) is 0 Å². The summed E-state index contributed by atoms with van der Waals surface area (Å²) in [6.07, 6.45) is 1.74. The Bertz CT molecular complexity index is 337. The van der Waals surface area contributed by atoms with Crippen LogP contribution < -0.4 is 5.73 Å². The number of anilines is 1. The maximum absolute atomic E-state index is 5.70. The minimum Gasteiger partial charge on any atom is -0.384 e. The molecule has 0 radical (unpaired) electrons. The van der Waals surface area contributed by atoms with Crippen molar-refractivity contribution in [2.75, 3.05) is 45.3 Å². The molecule has 1 heterocycles. The molecule has 0 atom stereocenters. The van der Waals surface area contributed by atoms with E-state index in [2.05, 4.69) is 9.88 Å². The molecule has 1 aromatic heterocycles. The van der Waals surface area contributed by atoms with Crippen molar-refractivity contribution in [1.82, 2.24) is 9.88 Å². The van der Waals surface area contributed by atoms with Gasteiger partial charge < -0.3 is 15.2 Å². The highest BCUT2D eigenvalue weighted by atomic mass is 16.5. The summed E-state index contributed by atoms with van der Waals surface area (Å²) in [5, 5.41) is 0. The number of nitrogens with zero attached hydrogens (tertiary/aromatic N) is 2. The third-order valence-corrected chi connectivity index (χ3v) is 2.76. The maximum Gasteiger partial charge on any atom is 0.123 e. The third-order valence-electron chi connectivity index (χ3n) is 2.76. The largest absolute Gasteiger partial charge is 0.384 e. The molecular formula is C14H25N3O2. The van der Waals surface area contributed by atoms with Gasteiger partial charge in [0.05, 0.1) is 13.2 Å². The van der Waals surface area contributed by atoms with E-state index >= 15 is 0 Å². The predicted molar refractivity (Wildman–Crippen MR) is 76.9 cm³/mol. The Hall–Kier alpha value is -1.17. The van der Waals surface area contributed by atoms with E-state index in [1.165, 1.54) is 5.56 Å². The van der Waals surface area contributed by atoms with Crippen molar-refractivity contribution in [2.24, 2.45) is 0 Å². The van der Waals surface area contributed by atoms with Gasteiger partial charge in [-0.3, -0.25) is 4.90 Å². The second kappa shape index (κ2) is 9.72. The summed E-state index contributed by atoms with van der Waals surface area (Å²) in [7, 11) is 0. The lowest BCUT2D eigenvalue weighted by Gasteiger charge is -2.22. The summed E-state index contributed by atoms with van der Waals surface area (Å²) in [4.78, 5) is 6.31. The van der Waals surface area contributed by atoms with Gasteiger partial charge in [-0.15, -0.1) is 0 Å². The quantitative estimate of drug-likeness (QED) is 0.652. The van der Waals surface area contributed by atoms with E-state index in [4.69, 9.17) is 15.2 Å². The summed E-state index contributed by atoms with van der Waals surface area (Å²) in [5.74, 6) is 0.562. The van der Waals surface area contributed by atoms with Gasteiger partial charge in [0.15, 0.2) is 0 Å². The zero-order chi connectivity index (χ0) is 13.9. The average Bonchev–Trinajstić information content (AvgIpc) is 2.39. The maximum atomic E-state index is 5.70. The van der Waals surface area contributed by atoms with E-state index in [1.54, 1.807) is 6.20 Å². The van der Waals surface area contributed by atoms with Gasteiger partial charge in [0, 0.05) is 39.0 Å². The van der Waals surface area contributed by atoms with E-state index in [-0.39, 0.29) is 0 Å². The fourth-order valence-electron chi connectivity index (χ4n) is 1.80. The number of aromatic nitrogens is 1. The zero-order valence-electron chi connectivity index (χ0n) is 12.0. The fraction of sp³-hybridized carbons (Fsp3) is 0.643. The highest BCUT2D eigenvalue weighted by molar-refractivity contribution is 5.31. The first-order valence-corrected chi connectivity index (χ1v) is 6.84. The van der Waals surface area contributed by atoms with Crippen molar-refractivity contribution in [3.63, 3.8) is 0 Å². The fourth-order valence-corrected chi connectivity index (χ4v) is 1.80. The number of ether oxygens (including phenoxy) is 2. The first-order valence-electron chi connectivity index (χ1n) is 6.84. The lowest BCUT2D eigenvalue weighted by Crippen LogP contribution is -2.30. The summed E-state index contributed by atoms with van der Waals surface area (Å²) in [6, 6.07) is 3.90. The Morgan fingerprint density at radius 1 is 1.16 bits per heavy atom. The molecule has 0 saturated heterocycles. The van der Waals surface area contributed by atoms with Crippen LogP contribution in [0.25, 0.3) is 0 Å². The predicted octanol–water partition coefficient (Wildman–Crippen LogP) is 1.54. The van der Waals surface area contributed by atoms with Gasteiger partial charge in [-0.25, -0.2) is 4.98 Å². The van der Waals surface area contributed by atoms with E-state index in [0.717, 1.165) is 46.1 Å². The number of hydrogen-bond acceptors (Lipinski definition) is 5. The molecule has 108 valence electrons. The van der Waals surface area contributed by atoms with Crippen LogP contribution in [0.5, 0.6) is 0 Å². The molecule has 0 unspecified atom stereocenters. The summed E-state index contributed by atoms with van der Waals surface area (Å²) in [6.45, 7) is 9.62. The van der Waals surface area contributed by atoms with Crippen molar-refractivity contribution in [3.8, 4) is 0 Å². The van der Waals surface area contributed by atoms with E-state index in [1.807, 2.05) is 26.0 Å².